The van der Waals surface area contributed by atoms with E-state index in [2.05, 4.69) is 53.5 Å². The first-order valence-electron chi connectivity index (χ1n) is 5.38. The van der Waals surface area contributed by atoms with Gasteiger partial charge in [0.05, 0.1) is 0 Å². The molecule has 0 saturated carbocycles. The summed E-state index contributed by atoms with van der Waals surface area (Å²) in [6.07, 6.45) is 2.32. The summed E-state index contributed by atoms with van der Waals surface area (Å²) < 4.78 is 1.14. The average Bonchev–Trinajstić information content (AvgIpc) is 2.23. The lowest BCUT2D eigenvalue weighted by Crippen LogP contribution is -2.06. The van der Waals surface area contributed by atoms with Gasteiger partial charge in [-0.05, 0) is 36.0 Å². The maximum Gasteiger partial charge on any atom is 0.0458 e. The number of hydrogen-bond acceptors (Lipinski definition) is 2. The lowest BCUT2D eigenvalue weighted by Gasteiger charge is -2.15. The molecule has 0 atom stereocenters. The van der Waals surface area contributed by atoms with E-state index >= 15 is 0 Å². The molecule has 1 aromatic rings. The largest absolute Gasteiger partial charge is 0.316 e. The van der Waals surface area contributed by atoms with Gasteiger partial charge in [-0.15, -0.1) is 0 Å². The van der Waals surface area contributed by atoms with Crippen LogP contribution in [0.1, 0.15) is 43.7 Å². The van der Waals surface area contributed by atoms with Crippen LogP contribution in [0.25, 0.3) is 0 Å². The molecule has 0 amide bonds. The number of rotatable bonds is 5. The smallest absolute Gasteiger partial charge is 0.0458 e. The van der Waals surface area contributed by atoms with Crippen molar-refractivity contribution in [2.24, 2.45) is 0 Å². The van der Waals surface area contributed by atoms with Gasteiger partial charge >= 0.3 is 0 Å². The fraction of sp³-hybridized carbons (Fsp3) is 0.500. The summed E-state index contributed by atoms with van der Waals surface area (Å²) in [6, 6.07) is 6.27. The van der Waals surface area contributed by atoms with E-state index < -0.39 is 0 Å². The number of halogens is 1. The molecule has 0 aliphatic rings. The molecule has 0 aliphatic heterocycles. The first kappa shape index (κ1) is 12.7. The van der Waals surface area contributed by atoms with Gasteiger partial charge in [0.1, 0.15) is 0 Å². The minimum Gasteiger partial charge on any atom is -0.316 e. The standard InChI is InChI=1S/C12H18BrNO/c1-3-10(4-2)11-6-5-9(8-14-15)7-12(11)13/h5-7,10,14-15H,3-4,8H2,1-2H3. The van der Waals surface area contributed by atoms with Crippen LogP contribution in [0.4, 0.5) is 0 Å². The number of hydroxylamine groups is 1. The van der Waals surface area contributed by atoms with E-state index in [1.54, 1.807) is 0 Å². The zero-order valence-corrected chi connectivity index (χ0v) is 10.8. The van der Waals surface area contributed by atoms with E-state index in [4.69, 9.17) is 5.21 Å². The van der Waals surface area contributed by atoms with Crippen molar-refractivity contribution in [2.75, 3.05) is 0 Å². The van der Waals surface area contributed by atoms with Crippen LogP contribution in [0.5, 0.6) is 0 Å². The molecule has 0 saturated heterocycles. The molecule has 15 heavy (non-hydrogen) atoms. The highest BCUT2D eigenvalue weighted by atomic mass is 79.9. The second kappa shape index (κ2) is 6.26. The summed E-state index contributed by atoms with van der Waals surface area (Å²) in [6.45, 7) is 4.91. The van der Waals surface area contributed by atoms with Gasteiger partial charge in [0.15, 0.2) is 0 Å². The van der Waals surface area contributed by atoms with Crippen molar-refractivity contribution in [3.63, 3.8) is 0 Å². The average molecular weight is 272 g/mol. The Labute approximate surface area is 99.8 Å². The van der Waals surface area contributed by atoms with Crippen molar-refractivity contribution < 1.29 is 5.21 Å². The van der Waals surface area contributed by atoms with Gasteiger partial charge < -0.3 is 5.21 Å². The molecule has 0 bridgehead atoms. The summed E-state index contributed by atoms with van der Waals surface area (Å²) in [5.74, 6) is 0.621. The Balaban J connectivity index is 2.91. The van der Waals surface area contributed by atoms with Gasteiger partial charge in [-0.2, -0.15) is 0 Å². The minimum atomic E-state index is 0.488. The second-order valence-electron chi connectivity index (χ2n) is 3.70. The Kier molecular flexibility index (Phi) is 5.29. The summed E-state index contributed by atoms with van der Waals surface area (Å²) in [4.78, 5) is 0. The Morgan fingerprint density at radius 3 is 2.47 bits per heavy atom. The Morgan fingerprint density at radius 2 is 2.00 bits per heavy atom. The van der Waals surface area contributed by atoms with Crippen molar-refractivity contribution in [1.82, 2.24) is 5.48 Å². The fourth-order valence-electron chi connectivity index (χ4n) is 1.83. The van der Waals surface area contributed by atoms with Crippen LogP contribution in [0.2, 0.25) is 0 Å². The van der Waals surface area contributed by atoms with E-state index in [9.17, 15) is 0 Å². The quantitative estimate of drug-likeness (QED) is 0.798. The second-order valence-corrected chi connectivity index (χ2v) is 4.56. The molecule has 0 heterocycles. The number of benzene rings is 1. The highest BCUT2D eigenvalue weighted by Crippen LogP contribution is 2.30. The third-order valence-electron chi connectivity index (χ3n) is 2.77. The van der Waals surface area contributed by atoms with E-state index in [0.717, 1.165) is 22.9 Å². The van der Waals surface area contributed by atoms with E-state index in [0.29, 0.717) is 12.5 Å². The molecule has 0 unspecified atom stereocenters. The van der Waals surface area contributed by atoms with Crippen molar-refractivity contribution in [2.45, 2.75) is 39.2 Å². The zero-order valence-electron chi connectivity index (χ0n) is 9.26. The predicted molar refractivity (Wildman–Crippen MR) is 66.1 cm³/mol. The molecule has 3 heteroatoms. The summed E-state index contributed by atoms with van der Waals surface area (Å²) in [5.41, 5.74) is 4.61. The maximum atomic E-state index is 8.62. The number of hydrogen-bond donors (Lipinski definition) is 2. The topological polar surface area (TPSA) is 32.3 Å². The SMILES string of the molecule is CCC(CC)c1ccc(CNO)cc1Br. The highest BCUT2D eigenvalue weighted by Gasteiger charge is 2.10. The van der Waals surface area contributed by atoms with Crippen molar-refractivity contribution in [3.8, 4) is 0 Å². The van der Waals surface area contributed by atoms with Gasteiger partial charge in [0.2, 0.25) is 0 Å². The third-order valence-corrected chi connectivity index (χ3v) is 3.46. The predicted octanol–water partition coefficient (Wildman–Crippen LogP) is 3.83. The lowest BCUT2D eigenvalue weighted by molar-refractivity contribution is 0.161. The van der Waals surface area contributed by atoms with Gasteiger partial charge in [-0.3, -0.25) is 0 Å². The molecule has 0 radical (unpaired) electrons. The Morgan fingerprint density at radius 1 is 1.33 bits per heavy atom. The van der Waals surface area contributed by atoms with Crippen molar-refractivity contribution in [3.05, 3.63) is 33.8 Å². The van der Waals surface area contributed by atoms with Crippen LogP contribution >= 0.6 is 15.9 Å². The van der Waals surface area contributed by atoms with Gasteiger partial charge in [-0.1, -0.05) is 41.9 Å². The normalized spacial score (nSPS) is 11.0. The highest BCUT2D eigenvalue weighted by molar-refractivity contribution is 9.10. The first-order chi connectivity index (χ1) is 7.22. The number of nitrogens with one attached hydrogen (secondary N) is 1. The summed E-state index contributed by atoms with van der Waals surface area (Å²) >= 11 is 3.59. The van der Waals surface area contributed by atoms with Crippen LogP contribution < -0.4 is 5.48 Å². The zero-order chi connectivity index (χ0) is 11.3. The van der Waals surface area contributed by atoms with Crippen LogP contribution in [0.15, 0.2) is 22.7 Å². The summed E-state index contributed by atoms with van der Waals surface area (Å²) in [5, 5.41) is 8.62. The Hall–Kier alpha value is -0.380. The maximum absolute atomic E-state index is 8.62. The molecule has 0 aromatic heterocycles. The molecule has 0 spiro atoms. The monoisotopic (exact) mass is 271 g/mol. The molecular weight excluding hydrogens is 254 g/mol. The van der Waals surface area contributed by atoms with Gasteiger partial charge in [-0.25, -0.2) is 5.48 Å². The van der Waals surface area contributed by atoms with E-state index in [-0.39, 0.29) is 0 Å². The molecule has 84 valence electrons. The summed E-state index contributed by atoms with van der Waals surface area (Å²) in [7, 11) is 0. The van der Waals surface area contributed by atoms with Crippen molar-refractivity contribution >= 4 is 15.9 Å². The van der Waals surface area contributed by atoms with Crippen LogP contribution in [0.3, 0.4) is 0 Å². The molecule has 2 nitrogen and oxygen atoms in total. The molecule has 0 fully saturated rings. The fourth-order valence-corrected chi connectivity index (χ4v) is 2.58. The van der Waals surface area contributed by atoms with E-state index in [1.807, 2.05) is 0 Å². The van der Waals surface area contributed by atoms with Crippen LogP contribution in [-0.2, 0) is 6.54 Å². The van der Waals surface area contributed by atoms with Gasteiger partial charge in [0.25, 0.3) is 0 Å². The Bertz CT molecular complexity index is 310. The third kappa shape index (κ3) is 3.30. The minimum absolute atomic E-state index is 0.488. The molecule has 2 N–H and O–H groups in total. The van der Waals surface area contributed by atoms with Crippen LogP contribution in [0, 0.1) is 0 Å². The van der Waals surface area contributed by atoms with Crippen LogP contribution in [-0.4, -0.2) is 5.21 Å². The molecular formula is C12H18BrNO. The first-order valence-corrected chi connectivity index (χ1v) is 6.17. The molecule has 0 aliphatic carbocycles. The van der Waals surface area contributed by atoms with E-state index in [1.165, 1.54) is 5.56 Å². The lowest BCUT2D eigenvalue weighted by atomic mass is 9.93. The van der Waals surface area contributed by atoms with Crippen molar-refractivity contribution in [1.29, 1.82) is 0 Å². The van der Waals surface area contributed by atoms with Gasteiger partial charge in [0, 0.05) is 11.0 Å². The molecule has 1 aromatic carbocycles. The molecule has 1 rings (SSSR count).